The fourth-order valence-corrected chi connectivity index (χ4v) is 1.47. The van der Waals surface area contributed by atoms with Crippen molar-refractivity contribution >= 4 is 12.2 Å². The predicted molar refractivity (Wildman–Crippen MR) is 76.2 cm³/mol. The van der Waals surface area contributed by atoms with Crippen molar-refractivity contribution < 1.29 is 9.53 Å². The molecule has 0 aliphatic rings. The summed E-state index contributed by atoms with van der Waals surface area (Å²) in [6.45, 7) is 3.32. The van der Waals surface area contributed by atoms with Crippen molar-refractivity contribution in [2.24, 2.45) is 0 Å². The zero-order valence-electron chi connectivity index (χ0n) is 11.3. The average Bonchev–Trinajstić information content (AvgIpc) is 2.39. The monoisotopic (exact) mass is 251 g/mol. The Kier molecular flexibility index (Phi) is 12.4. The Labute approximate surface area is 110 Å². The summed E-state index contributed by atoms with van der Waals surface area (Å²) in [5.41, 5.74) is 6.18. The Morgan fingerprint density at radius 3 is 2.17 bits per heavy atom. The lowest BCUT2D eigenvalue weighted by atomic mass is 10.1. The van der Waals surface area contributed by atoms with Gasteiger partial charge in [-0.2, -0.15) is 0 Å². The molecule has 3 nitrogen and oxygen atoms in total. The van der Waals surface area contributed by atoms with Gasteiger partial charge in [0.05, 0.1) is 6.61 Å². The van der Waals surface area contributed by atoms with Crippen molar-refractivity contribution in [2.45, 2.75) is 45.4 Å². The van der Waals surface area contributed by atoms with Crippen LogP contribution in [0.25, 0.3) is 0 Å². The smallest absolute Gasteiger partial charge is 0.293 e. The Morgan fingerprint density at radius 2 is 1.67 bits per heavy atom. The van der Waals surface area contributed by atoms with Crippen LogP contribution in [0.3, 0.4) is 0 Å². The molecule has 0 aliphatic carbocycles. The average molecular weight is 251 g/mol. The van der Waals surface area contributed by atoms with Crippen LogP contribution in [0.4, 0.5) is 5.69 Å². The Balaban J connectivity index is 0.000000351. The van der Waals surface area contributed by atoms with Gasteiger partial charge in [0.15, 0.2) is 0 Å². The number of carbonyl (C=O) groups excluding carboxylic acids is 1. The maximum Gasteiger partial charge on any atom is 0.293 e. The minimum atomic E-state index is 0.520. The molecular weight excluding hydrogens is 226 g/mol. The topological polar surface area (TPSA) is 52.3 Å². The molecule has 0 spiro atoms. The summed E-state index contributed by atoms with van der Waals surface area (Å²) < 4.78 is 4.56. The van der Waals surface area contributed by atoms with Gasteiger partial charge in [-0.15, -0.1) is 0 Å². The van der Waals surface area contributed by atoms with Gasteiger partial charge in [-0.05, 0) is 18.6 Å². The molecule has 18 heavy (non-hydrogen) atoms. The number of rotatable bonds is 8. The highest BCUT2D eigenvalue weighted by molar-refractivity contribution is 5.36. The van der Waals surface area contributed by atoms with Crippen LogP contribution in [-0.2, 0) is 9.53 Å². The maximum absolute atomic E-state index is 9.72. The third-order valence-electron chi connectivity index (χ3n) is 2.48. The van der Waals surface area contributed by atoms with Crippen LogP contribution in [-0.4, -0.2) is 13.1 Å². The van der Waals surface area contributed by atoms with Gasteiger partial charge in [0.2, 0.25) is 0 Å². The highest BCUT2D eigenvalue weighted by Crippen LogP contribution is 2.04. The van der Waals surface area contributed by atoms with E-state index in [2.05, 4.69) is 11.7 Å². The Hall–Kier alpha value is -1.51. The first-order valence-corrected chi connectivity index (χ1v) is 6.67. The van der Waals surface area contributed by atoms with Crippen molar-refractivity contribution in [2.75, 3.05) is 12.3 Å². The normalized spacial score (nSPS) is 9.17. The molecule has 0 radical (unpaired) electrons. The Bertz CT molecular complexity index is 275. The maximum atomic E-state index is 9.72. The van der Waals surface area contributed by atoms with Crippen molar-refractivity contribution in [3.63, 3.8) is 0 Å². The van der Waals surface area contributed by atoms with Crippen LogP contribution in [0.2, 0.25) is 0 Å². The second-order valence-electron chi connectivity index (χ2n) is 4.15. The van der Waals surface area contributed by atoms with Gasteiger partial charge in [-0.3, -0.25) is 4.79 Å². The number of benzene rings is 1. The number of carbonyl (C=O) groups is 1. The van der Waals surface area contributed by atoms with Crippen LogP contribution in [0, 0.1) is 0 Å². The molecule has 0 saturated heterocycles. The van der Waals surface area contributed by atoms with Crippen LogP contribution in [0.1, 0.15) is 45.4 Å². The standard InChI is InChI=1S/C9H18O2.C6H7N/c1-2-3-4-5-6-7-8-11-9-10;7-6-4-2-1-3-5-6/h9H,2-8H2,1H3;1-5H,7H2. The van der Waals surface area contributed by atoms with Crippen molar-refractivity contribution in [1.29, 1.82) is 0 Å². The summed E-state index contributed by atoms with van der Waals surface area (Å²) in [5, 5.41) is 0. The van der Waals surface area contributed by atoms with E-state index in [0.717, 1.165) is 12.1 Å². The third-order valence-corrected chi connectivity index (χ3v) is 2.48. The number of nitrogens with two attached hydrogens (primary N) is 1. The zero-order valence-corrected chi connectivity index (χ0v) is 11.3. The van der Waals surface area contributed by atoms with Crippen molar-refractivity contribution in [1.82, 2.24) is 0 Å². The minimum absolute atomic E-state index is 0.520. The Morgan fingerprint density at radius 1 is 1.06 bits per heavy atom. The van der Waals surface area contributed by atoms with Gasteiger partial charge < -0.3 is 10.5 Å². The minimum Gasteiger partial charge on any atom is -0.468 e. The summed E-state index contributed by atoms with van der Waals surface area (Å²) in [5.74, 6) is 0. The van der Waals surface area contributed by atoms with Gasteiger partial charge in [0, 0.05) is 5.69 Å². The van der Waals surface area contributed by atoms with Gasteiger partial charge in [0.1, 0.15) is 0 Å². The van der Waals surface area contributed by atoms with E-state index in [0.29, 0.717) is 13.1 Å². The highest BCUT2D eigenvalue weighted by Gasteiger charge is 1.88. The van der Waals surface area contributed by atoms with Gasteiger partial charge in [0.25, 0.3) is 6.47 Å². The fourth-order valence-electron chi connectivity index (χ4n) is 1.47. The molecular formula is C15H25NO2. The molecule has 0 fully saturated rings. The number of unbranched alkanes of at least 4 members (excludes halogenated alkanes) is 5. The largest absolute Gasteiger partial charge is 0.468 e. The molecule has 102 valence electrons. The fraction of sp³-hybridized carbons (Fsp3) is 0.533. The van der Waals surface area contributed by atoms with Crippen molar-refractivity contribution in [3.05, 3.63) is 30.3 Å². The molecule has 3 heteroatoms. The number of hydrogen-bond acceptors (Lipinski definition) is 3. The second kappa shape index (κ2) is 13.6. The molecule has 1 aromatic rings. The van der Waals surface area contributed by atoms with Gasteiger partial charge in [-0.25, -0.2) is 0 Å². The number of para-hydroxylation sites is 1. The van der Waals surface area contributed by atoms with E-state index in [9.17, 15) is 4.79 Å². The van der Waals surface area contributed by atoms with E-state index in [1.807, 2.05) is 30.3 Å². The molecule has 0 unspecified atom stereocenters. The molecule has 0 saturated carbocycles. The molecule has 2 N–H and O–H groups in total. The van der Waals surface area contributed by atoms with E-state index < -0.39 is 0 Å². The third kappa shape index (κ3) is 12.6. The summed E-state index contributed by atoms with van der Waals surface area (Å²) >= 11 is 0. The summed E-state index contributed by atoms with van der Waals surface area (Å²) in [6.07, 6.45) is 7.41. The molecule has 0 heterocycles. The number of hydrogen-bond donors (Lipinski definition) is 1. The van der Waals surface area contributed by atoms with Crippen LogP contribution < -0.4 is 5.73 Å². The van der Waals surface area contributed by atoms with E-state index in [-0.39, 0.29) is 0 Å². The molecule has 0 aromatic heterocycles. The van der Waals surface area contributed by atoms with Crippen LogP contribution in [0.15, 0.2) is 30.3 Å². The predicted octanol–water partition coefficient (Wildman–Crippen LogP) is 3.79. The van der Waals surface area contributed by atoms with E-state index in [4.69, 9.17) is 5.73 Å². The van der Waals surface area contributed by atoms with Gasteiger partial charge >= 0.3 is 0 Å². The summed E-state index contributed by atoms with van der Waals surface area (Å²) in [7, 11) is 0. The quantitative estimate of drug-likeness (QED) is 0.434. The lowest BCUT2D eigenvalue weighted by Gasteiger charge is -1.98. The highest BCUT2D eigenvalue weighted by atomic mass is 16.5. The molecule has 1 aromatic carbocycles. The number of ether oxygens (including phenoxy) is 1. The zero-order chi connectivity index (χ0) is 13.5. The molecule has 0 atom stereocenters. The van der Waals surface area contributed by atoms with E-state index >= 15 is 0 Å². The van der Waals surface area contributed by atoms with E-state index in [1.54, 1.807) is 0 Å². The van der Waals surface area contributed by atoms with Crippen LogP contribution in [0.5, 0.6) is 0 Å². The molecule has 0 aliphatic heterocycles. The molecule has 1 rings (SSSR count). The lowest BCUT2D eigenvalue weighted by molar-refractivity contribution is -0.128. The van der Waals surface area contributed by atoms with Gasteiger partial charge in [-0.1, -0.05) is 57.2 Å². The number of nitrogen functional groups attached to an aromatic ring is 1. The number of anilines is 1. The van der Waals surface area contributed by atoms with Crippen LogP contribution >= 0.6 is 0 Å². The SMILES string of the molecule is CCCCCCCCOC=O.Nc1ccccc1. The molecule has 0 bridgehead atoms. The molecule has 0 amide bonds. The lowest BCUT2D eigenvalue weighted by Crippen LogP contribution is -1.90. The second-order valence-corrected chi connectivity index (χ2v) is 4.15. The first kappa shape index (κ1) is 16.5. The van der Waals surface area contributed by atoms with Crippen molar-refractivity contribution in [3.8, 4) is 0 Å². The first-order chi connectivity index (χ1) is 8.81. The summed E-state index contributed by atoms with van der Waals surface area (Å²) in [4.78, 5) is 9.72. The first-order valence-electron chi connectivity index (χ1n) is 6.67. The van der Waals surface area contributed by atoms with E-state index in [1.165, 1.54) is 32.1 Å². The summed E-state index contributed by atoms with van der Waals surface area (Å²) in [6, 6.07) is 9.49.